The predicted octanol–water partition coefficient (Wildman–Crippen LogP) is 2.50. The van der Waals surface area contributed by atoms with E-state index in [1.165, 1.54) is 0 Å². The number of methoxy groups -OCH3 is 3. The van der Waals surface area contributed by atoms with Crippen molar-refractivity contribution in [2.75, 3.05) is 54.1 Å². The number of aliphatic imine (C=N–C) groups is 1. The molecule has 8 heteroatoms. The summed E-state index contributed by atoms with van der Waals surface area (Å²) in [7, 11) is 4.82. The van der Waals surface area contributed by atoms with Gasteiger partial charge in [-0.2, -0.15) is 0 Å². The normalized spacial score (nSPS) is 16.8. The Kier molecular flexibility index (Phi) is 9.57. The molecule has 2 rings (SSSR count). The third kappa shape index (κ3) is 5.93. The lowest BCUT2D eigenvalue weighted by Gasteiger charge is -2.34. The second kappa shape index (κ2) is 12.1. The number of nitrogens with zero attached hydrogens (tertiary/aromatic N) is 2. The van der Waals surface area contributed by atoms with Crippen LogP contribution < -0.4 is 19.5 Å². The maximum absolute atomic E-state index is 12.2. The molecule has 1 N–H and O–H groups in total. The van der Waals surface area contributed by atoms with Gasteiger partial charge in [0.1, 0.15) is 0 Å². The van der Waals surface area contributed by atoms with Crippen molar-refractivity contribution in [3.63, 3.8) is 0 Å². The molecule has 0 saturated carbocycles. The molecule has 0 spiro atoms. The third-order valence-corrected chi connectivity index (χ3v) is 5.10. The lowest BCUT2D eigenvalue weighted by atomic mass is 9.98. The van der Waals surface area contributed by atoms with E-state index in [1.807, 2.05) is 26.0 Å². The minimum atomic E-state index is -0.117. The molecule has 30 heavy (non-hydrogen) atoms. The molecular weight excluding hydrogens is 386 g/mol. The maximum atomic E-state index is 12.2. The van der Waals surface area contributed by atoms with Gasteiger partial charge in [-0.1, -0.05) is 6.07 Å². The van der Waals surface area contributed by atoms with Crippen LogP contribution in [-0.2, 0) is 16.0 Å². The van der Waals surface area contributed by atoms with E-state index in [0.717, 1.165) is 37.5 Å². The van der Waals surface area contributed by atoms with Crippen LogP contribution in [0.4, 0.5) is 0 Å². The van der Waals surface area contributed by atoms with E-state index < -0.39 is 0 Å². The van der Waals surface area contributed by atoms with Gasteiger partial charge in [-0.3, -0.25) is 9.79 Å². The van der Waals surface area contributed by atoms with Crippen LogP contribution in [0, 0.1) is 5.92 Å². The summed E-state index contributed by atoms with van der Waals surface area (Å²) in [6.45, 7) is 7.14. The lowest BCUT2D eigenvalue weighted by Crippen LogP contribution is -2.48. The van der Waals surface area contributed by atoms with Gasteiger partial charge in [-0.15, -0.1) is 0 Å². The Balaban J connectivity index is 2.11. The Bertz CT molecular complexity index is 723. The van der Waals surface area contributed by atoms with E-state index in [-0.39, 0.29) is 11.9 Å². The van der Waals surface area contributed by atoms with Gasteiger partial charge in [0.15, 0.2) is 17.5 Å². The van der Waals surface area contributed by atoms with E-state index in [1.54, 1.807) is 21.3 Å². The van der Waals surface area contributed by atoms with Crippen LogP contribution in [0.2, 0.25) is 0 Å². The minimum absolute atomic E-state index is 0.103. The van der Waals surface area contributed by atoms with Gasteiger partial charge in [-0.05, 0) is 39.2 Å². The summed E-state index contributed by atoms with van der Waals surface area (Å²) in [5.74, 6) is 2.49. The summed E-state index contributed by atoms with van der Waals surface area (Å²) in [6.07, 6.45) is 2.49. The summed E-state index contributed by atoms with van der Waals surface area (Å²) in [5.41, 5.74) is 0.998. The van der Waals surface area contributed by atoms with Crippen molar-refractivity contribution in [1.29, 1.82) is 0 Å². The number of carbonyl (C=O) groups is 1. The number of carbonyl (C=O) groups excluding carboxylic acids is 1. The Hall–Kier alpha value is -2.64. The zero-order valence-corrected chi connectivity index (χ0v) is 18.8. The summed E-state index contributed by atoms with van der Waals surface area (Å²) >= 11 is 0. The van der Waals surface area contributed by atoms with Gasteiger partial charge >= 0.3 is 5.97 Å². The number of rotatable bonds is 9. The van der Waals surface area contributed by atoms with Crippen molar-refractivity contribution in [3.05, 3.63) is 17.7 Å². The Morgan fingerprint density at radius 1 is 1.17 bits per heavy atom. The van der Waals surface area contributed by atoms with E-state index in [9.17, 15) is 4.79 Å². The predicted molar refractivity (Wildman–Crippen MR) is 117 cm³/mol. The topological polar surface area (TPSA) is 81.6 Å². The Labute approximate surface area is 179 Å². The molecule has 0 bridgehead atoms. The molecule has 0 radical (unpaired) electrons. The fourth-order valence-electron chi connectivity index (χ4n) is 3.69. The fraction of sp³-hybridized carbons (Fsp3) is 0.636. The van der Waals surface area contributed by atoms with Crippen molar-refractivity contribution in [2.45, 2.75) is 33.1 Å². The molecule has 0 aliphatic carbocycles. The minimum Gasteiger partial charge on any atom is -0.493 e. The molecule has 0 amide bonds. The zero-order valence-electron chi connectivity index (χ0n) is 18.8. The summed E-state index contributed by atoms with van der Waals surface area (Å²) < 4.78 is 21.6. The van der Waals surface area contributed by atoms with Crippen molar-refractivity contribution >= 4 is 11.9 Å². The Morgan fingerprint density at radius 3 is 2.57 bits per heavy atom. The number of hydrogen-bond donors (Lipinski definition) is 1. The lowest BCUT2D eigenvalue weighted by molar-refractivity contribution is -0.149. The highest BCUT2D eigenvalue weighted by Gasteiger charge is 2.28. The highest BCUT2D eigenvalue weighted by molar-refractivity contribution is 5.81. The van der Waals surface area contributed by atoms with Crippen LogP contribution in [0.25, 0.3) is 0 Å². The number of esters is 1. The molecule has 0 aromatic heterocycles. The number of piperidine rings is 1. The highest BCUT2D eigenvalue weighted by atomic mass is 16.5. The number of likely N-dealkylation sites (tertiary alicyclic amines) is 1. The van der Waals surface area contributed by atoms with Crippen molar-refractivity contribution < 1.29 is 23.7 Å². The van der Waals surface area contributed by atoms with Crippen molar-refractivity contribution in [3.8, 4) is 17.2 Å². The van der Waals surface area contributed by atoms with Crippen LogP contribution in [0.3, 0.4) is 0 Å². The molecule has 1 aliphatic rings. The number of ether oxygens (including phenoxy) is 4. The molecular formula is C22H35N3O5. The first-order chi connectivity index (χ1) is 14.6. The first-order valence-corrected chi connectivity index (χ1v) is 10.6. The van der Waals surface area contributed by atoms with Crippen LogP contribution >= 0.6 is 0 Å². The standard InChI is InChI=1S/C22H35N3O5/c1-6-23-22(25-14-8-9-17(15-25)21(26)30-7-2)24-13-12-16-10-11-18(27-3)20(29-5)19(16)28-4/h10-11,17H,6-9,12-15H2,1-5H3,(H,23,24). The first kappa shape index (κ1) is 23.6. The van der Waals surface area contributed by atoms with E-state index >= 15 is 0 Å². The van der Waals surface area contributed by atoms with Crippen LogP contribution in [0.1, 0.15) is 32.3 Å². The second-order valence-corrected chi connectivity index (χ2v) is 7.02. The molecule has 1 atom stereocenters. The van der Waals surface area contributed by atoms with Crippen molar-refractivity contribution in [2.24, 2.45) is 10.9 Å². The number of benzene rings is 1. The van der Waals surface area contributed by atoms with Gasteiger partial charge in [0.05, 0.1) is 33.9 Å². The summed E-state index contributed by atoms with van der Waals surface area (Å²) in [6, 6.07) is 3.85. The summed E-state index contributed by atoms with van der Waals surface area (Å²) in [4.78, 5) is 19.1. The quantitative estimate of drug-likeness (QED) is 0.373. The van der Waals surface area contributed by atoms with Gasteiger partial charge in [-0.25, -0.2) is 0 Å². The first-order valence-electron chi connectivity index (χ1n) is 10.6. The SMILES string of the molecule is CCNC(=NCCc1ccc(OC)c(OC)c1OC)N1CCCC(C(=O)OCC)C1. The van der Waals surface area contributed by atoms with E-state index in [2.05, 4.69) is 10.2 Å². The van der Waals surface area contributed by atoms with Crippen LogP contribution in [0.5, 0.6) is 17.2 Å². The van der Waals surface area contributed by atoms with Crippen molar-refractivity contribution in [1.82, 2.24) is 10.2 Å². The van der Waals surface area contributed by atoms with E-state index in [4.69, 9.17) is 23.9 Å². The van der Waals surface area contributed by atoms with Gasteiger partial charge in [0, 0.05) is 31.7 Å². The zero-order chi connectivity index (χ0) is 21.9. The number of nitrogens with one attached hydrogen (secondary N) is 1. The molecule has 1 aliphatic heterocycles. The molecule has 1 aromatic carbocycles. The summed E-state index contributed by atoms with van der Waals surface area (Å²) in [5, 5.41) is 3.35. The molecule has 8 nitrogen and oxygen atoms in total. The van der Waals surface area contributed by atoms with Gasteiger partial charge in [0.2, 0.25) is 5.75 Å². The largest absolute Gasteiger partial charge is 0.493 e. The molecule has 1 unspecified atom stereocenters. The molecule has 1 saturated heterocycles. The van der Waals surface area contributed by atoms with E-state index in [0.29, 0.717) is 43.4 Å². The molecule has 1 fully saturated rings. The van der Waals surface area contributed by atoms with Gasteiger partial charge in [0.25, 0.3) is 0 Å². The van der Waals surface area contributed by atoms with Crippen LogP contribution in [0.15, 0.2) is 17.1 Å². The highest BCUT2D eigenvalue weighted by Crippen LogP contribution is 2.39. The third-order valence-electron chi connectivity index (χ3n) is 5.10. The average molecular weight is 422 g/mol. The maximum Gasteiger partial charge on any atom is 0.310 e. The Morgan fingerprint density at radius 2 is 1.93 bits per heavy atom. The van der Waals surface area contributed by atoms with Gasteiger partial charge < -0.3 is 29.2 Å². The smallest absolute Gasteiger partial charge is 0.310 e. The fourth-order valence-corrected chi connectivity index (χ4v) is 3.69. The van der Waals surface area contributed by atoms with Crippen LogP contribution in [-0.4, -0.2) is 70.9 Å². The number of guanidine groups is 1. The second-order valence-electron chi connectivity index (χ2n) is 7.02. The average Bonchev–Trinajstić information content (AvgIpc) is 2.78. The monoisotopic (exact) mass is 421 g/mol. The molecule has 1 aromatic rings. The number of hydrogen-bond acceptors (Lipinski definition) is 6. The molecule has 168 valence electrons. The molecule has 1 heterocycles.